The van der Waals surface area contributed by atoms with Gasteiger partial charge in [-0.2, -0.15) is 4.52 Å². The predicted molar refractivity (Wildman–Crippen MR) is 103 cm³/mol. The van der Waals surface area contributed by atoms with Crippen molar-refractivity contribution in [3.63, 3.8) is 0 Å². The molecule has 1 fully saturated rings. The van der Waals surface area contributed by atoms with E-state index in [2.05, 4.69) is 25.3 Å². The van der Waals surface area contributed by atoms with Gasteiger partial charge in [-0.25, -0.2) is 0 Å². The Labute approximate surface area is 169 Å². The van der Waals surface area contributed by atoms with Crippen LogP contribution in [0.15, 0.2) is 24.3 Å². The predicted octanol–water partition coefficient (Wildman–Crippen LogP) is 3.34. The van der Waals surface area contributed by atoms with Crippen molar-refractivity contribution in [3.05, 3.63) is 24.3 Å². The van der Waals surface area contributed by atoms with Gasteiger partial charge in [0.25, 0.3) is 0 Å². The third kappa shape index (κ3) is 3.55. The number of rotatable bonds is 5. The van der Waals surface area contributed by atoms with E-state index in [0.29, 0.717) is 47.7 Å². The lowest BCUT2D eigenvalue weighted by Gasteiger charge is -2.28. The molecule has 30 heavy (non-hydrogen) atoms. The smallest absolute Gasteiger partial charge is 0.486 e. The number of ether oxygens (including phenoxy) is 2. The molecule has 2 aromatic heterocycles. The first-order chi connectivity index (χ1) is 14.4. The van der Waals surface area contributed by atoms with Gasteiger partial charge in [0.1, 0.15) is 18.0 Å². The molecule has 1 aliphatic heterocycles. The molecule has 3 heterocycles. The Morgan fingerprint density at radius 1 is 1.27 bits per heavy atom. The van der Waals surface area contributed by atoms with Crippen molar-refractivity contribution in [2.75, 3.05) is 37.0 Å². The van der Waals surface area contributed by atoms with Crippen molar-refractivity contribution in [3.8, 4) is 22.9 Å². The minimum Gasteiger partial charge on any atom is -0.486 e. The van der Waals surface area contributed by atoms with Gasteiger partial charge in [-0.3, -0.25) is 0 Å². The molecule has 1 saturated carbocycles. The first-order valence-electron chi connectivity index (χ1n) is 9.62. The average molecular weight is 420 g/mol. The van der Waals surface area contributed by atoms with Crippen LogP contribution in [0.25, 0.3) is 17.0 Å². The Bertz CT molecular complexity index is 1100. The van der Waals surface area contributed by atoms with Gasteiger partial charge in [0, 0.05) is 19.2 Å². The van der Waals surface area contributed by atoms with E-state index >= 15 is 0 Å². The molecular weight excluding hydrogens is 401 g/mol. The second-order valence-electron chi connectivity index (χ2n) is 7.46. The van der Waals surface area contributed by atoms with Crippen LogP contribution in [0.4, 0.5) is 24.7 Å². The Balaban J connectivity index is 1.61. The van der Waals surface area contributed by atoms with Crippen LogP contribution in [-0.2, 0) is 0 Å². The van der Waals surface area contributed by atoms with Crippen LogP contribution in [0.5, 0.6) is 11.5 Å². The lowest BCUT2D eigenvalue weighted by atomic mass is 10.2. The van der Waals surface area contributed by atoms with E-state index in [1.165, 1.54) is 35.6 Å². The molecule has 3 aromatic rings. The molecule has 1 aromatic carbocycles. The number of hydrogen-bond donors (Lipinski definition) is 1. The number of nitrogens with zero attached hydrogens (tertiary/aromatic N) is 5. The molecular formula is C19H19F3N6O2. The third-order valence-corrected chi connectivity index (χ3v) is 5.12. The molecule has 1 aliphatic carbocycles. The van der Waals surface area contributed by atoms with Gasteiger partial charge in [-0.05, 0) is 30.9 Å². The van der Waals surface area contributed by atoms with Crippen molar-refractivity contribution in [1.29, 1.82) is 0 Å². The van der Waals surface area contributed by atoms with Gasteiger partial charge < -0.3 is 19.7 Å². The van der Waals surface area contributed by atoms with Gasteiger partial charge in [0.05, 0.1) is 6.54 Å². The molecule has 0 bridgehead atoms. The van der Waals surface area contributed by atoms with E-state index in [9.17, 15) is 13.2 Å². The number of fused-ring (bicyclic) bond motifs is 3. The minimum atomic E-state index is -4.77. The maximum Gasteiger partial charge on any atom is 0.573 e. The van der Waals surface area contributed by atoms with Gasteiger partial charge in [-0.15, -0.1) is 28.5 Å². The van der Waals surface area contributed by atoms with E-state index in [-0.39, 0.29) is 5.75 Å². The highest BCUT2D eigenvalue weighted by atomic mass is 19.4. The van der Waals surface area contributed by atoms with Gasteiger partial charge in [-0.1, -0.05) is 12.1 Å². The summed E-state index contributed by atoms with van der Waals surface area (Å²) in [6, 6.07) is 5.61. The van der Waals surface area contributed by atoms with E-state index in [4.69, 9.17) is 4.74 Å². The molecule has 0 unspecified atom stereocenters. The molecule has 2 aliphatic rings. The molecule has 0 amide bonds. The van der Waals surface area contributed by atoms with Crippen molar-refractivity contribution >= 4 is 17.2 Å². The van der Waals surface area contributed by atoms with Crippen LogP contribution in [0.2, 0.25) is 0 Å². The van der Waals surface area contributed by atoms with Crippen molar-refractivity contribution < 1.29 is 22.6 Å². The fraction of sp³-hybridized carbons (Fsp3) is 0.421. The summed E-state index contributed by atoms with van der Waals surface area (Å²) in [5.74, 6) is 1.79. The van der Waals surface area contributed by atoms with Crippen LogP contribution in [0.1, 0.15) is 12.8 Å². The molecule has 0 spiro atoms. The van der Waals surface area contributed by atoms with Gasteiger partial charge >= 0.3 is 6.36 Å². The zero-order chi connectivity index (χ0) is 20.9. The third-order valence-electron chi connectivity index (χ3n) is 5.12. The fourth-order valence-electron chi connectivity index (χ4n) is 3.45. The maximum absolute atomic E-state index is 12.6. The molecule has 5 rings (SSSR count). The van der Waals surface area contributed by atoms with Gasteiger partial charge in [0.2, 0.25) is 5.65 Å². The number of likely N-dealkylation sites (N-methyl/N-ethyl adjacent to an activating group) is 1. The summed E-state index contributed by atoms with van der Waals surface area (Å²) >= 11 is 0. The number of anilines is 2. The van der Waals surface area contributed by atoms with E-state index < -0.39 is 6.36 Å². The molecule has 0 radical (unpaired) electrons. The Hall–Kier alpha value is -3.24. The quantitative estimate of drug-likeness (QED) is 0.678. The average Bonchev–Trinajstić information content (AvgIpc) is 3.42. The monoisotopic (exact) mass is 420 g/mol. The van der Waals surface area contributed by atoms with Gasteiger partial charge in [0.15, 0.2) is 17.4 Å². The first-order valence-corrected chi connectivity index (χ1v) is 9.62. The van der Waals surface area contributed by atoms with E-state index in [1.54, 1.807) is 6.07 Å². The SMILES string of the molecule is CN1CCOc2c(NCC3CC3)nn3c(-c4cccc(OC(F)(F)F)c4)nnc3c21. The summed E-state index contributed by atoms with van der Waals surface area (Å²) in [4.78, 5) is 2.01. The summed E-state index contributed by atoms with van der Waals surface area (Å²) in [7, 11) is 1.93. The topological polar surface area (TPSA) is 76.8 Å². The number of aromatic nitrogens is 4. The summed E-state index contributed by atoms with van der Waals surface area (Å²) < 4.78 is 49.3. The fourth-order valence-corrected chi connectivity index (χ4v) is 3.45. The highest BCUT2D eigenvalue weighted by Crippen LogP contribution is 2.41. The molecule has 0 atom stereocenters. The van der Waals surface area contributed by atoms with Crippen LogP contribution in [0.3, 0.4) is 0 Å². The summed E-state index contributed by atoms with van der Waals surface area (Å²) in [5.41, 5.74) is 1.63. The number of benzene rings is 1. The molecule has 1 N–H and O–H groups in total. The number of halogens is 3. The maximum atomic E-state index is 12.6. The summed E-state index contributed by atoms with van der Waals surface area (Å²) in [6.45, 7) is 1.98. The molecule has 158 valence electrons. The lowest BCUT2D eigenvalue weighted by molar-refractivity contribution is -0.274. The van der Waals surface area contributed by atoms with Crippen molar-refractivity contribution in [2.24, 2.45) is 5.92 Å². The van der Waals surface area contributed by atoms with Crippen molar-refractivity contribution in [1.82, 2.24) is 19.8 Å². The summed E-state index contributed by atoms with van der Waals surface area (Å²) in [5, 5.41) is 16.4. The second kappa shape index (κ2) is 6.92. The largest absolute Gasteiger partial charge is 0.573 e. The highest BCUT2D eigenvalue weighted by molar-refractivity contribution is 5.83. The Kier molecular flexibility index (Phi) is 4.33. The Morgan fingerprint density at radius 2 is 2.10 bits per heavy atom. The number of nitrogens with one attached hydrogen (secondary N) is 1. The zero-order valence-electron chi connectivity index (χ0n) is 16.1. The van der Waals surface area contributed by atoms with Crippen LogP contribution >= 0.6 is 0 Å². The second-order valence-corrected chi connectivity index (χ2v) is 7.46. The molecule has 8 nitrogen and oxygen atoms in total. The standard InChI is InChI=1S/C19H19F3N6O2/c1-27-7-8-29-15-14(27)18-25-24-17(28(18)26-16(15)23-10-11-5-6-11)12-3-2-4-13(9-12)30-19(20,21)22/h2-4,9,11H,5-8,10H2,1H3,(H,23,26). The van der Waals surface area contributed by atoms with Crippen LogP contribution in [0, 0.1) is 5.92 Å². The number of hydrogen-bond acceptors (Lipinski definition) is 7. The molecule has 11 heteroatoms. The normalized spacial score (nSPS) is 16.3. The summed E-state index contributed by atoms with van der Waals surface area (Å²) in [6.07, 6.45) is -2.41. The van der Waals surface area contributed by atoms with Crippen molar-refractivity contribution in [2.45, 2.75) is 19.2 Å². The highest BCUT2D eigenvalue weighted by Gasteiger charge is 2.32. The molecule has 0 saturated heterocycles. The lowest BCUT2D eigenvalue weighted by Crippen LogP contribution is -2.30. The van der Waals surface area contributed by atoms with Crippen LogP contribution in [-0.4, -0.2) is 52.9 Å². The number of alkyl halides is 3. The van der Waals surface area contributed by atoms with E-state index in [0.717, 1.165) is 12.2 Å². The van der Waals surface area contributed by atoms with E-state index in [1.807, 2.05) is 11.9 Å². The zero-order valence-corrected chi connectivity index (χ0v) is 16.1. The van der Waals surface area contributed by atoms with Crippen LogP contribution < -0.4 is 19.7 Å². The minimum absolute atomic E-state index is 0.314. The Morgan fingerprint density at radius 3 is 2.87 bits per heavy atom. The first kappa shape index (κ1) is 18.8.